The van der Waals surface area contributed by atoms with Gasteiger partial charge in [-0.2, -0.15) is 0 Å². The molecule has 3 aromatic rings. The van der Waals surface area contributed by atoms with Gasteiger partial charge in [-0.15, -0.1) is 0 Å². The zero-order valence-corrected chi connectivity index (χ0v) is 16.4. The lowest BCUT2D eigenvalue weighted by molar-refractivity contribution is 0.0711. The lowest BCUT2D eigenvalue weighted by atomic mass is 10.0. The lowest BCUT2D eigenvalue weighted by Gasteiger charge is -2.32. The summed E-state index contributed by atoms with van der Waals surface area (Å²) in [4.78, 5) is 20.1. The number of piperazine rings is 1. The highest BCUT2D eigenvalue weighted by Gasteiger charge is 2.24. The van der Waals surface area contributed by atoms with Crippen LogP contribution in [0.5, 0.6) is 11.5 Å². The molecule has 1 fully saturated rings. The number of carbonyl (C=O) groups excluding carboxylic acids is 1. The van der Waals surface area contributed by atoms with Crippen LogP contribution in [0.15, 0.2) is 48.5 Å². The maximum Gasteiger partial charge on any atom is 0.254 e. The van der Waals surface area contributed by atoms with Gasteiger partial charge in [-0.05, 0) is 37.3 Å². The Hall–Kier alpha value is -3.12. The molecular weight excluding hydrogens is 366 g/mol. The minimum absolute atomic E-state index is 0.0516. The molecule has 5 rings (SSSR count). The molecule has 0 radical (unpaired) electrons. The van der Waals surface area contributed by atoms with Crippen molar-refractivity contribution in [3.05, 3.63) is 54.1 Å². The van der Waals surface area contributed by atoms with Crippen LogP contribution in [0, 0.1) is 0 Å². The number of ether oxygens (including phenoxy) is 2. The molecule has 0 bridgehead atoms. The van der Waals surface area contributed by atoms with Gasteiger partial charge >= 0.3 is 0 Å². The number of carbonyl (C=O) groups is 1. The largest absolute Gasteiger partial charge is 0.486 e. The third-order valence-corrected chi connectivity index (χ3v) is 5.44. The van der Waals surface area contributed by atoms with Crippen LogP contribution in [-0.4, -0.2) is 54.7 Å². The van der Waals surface area contributed by atoms with Crippen LogP contribution in [0.4, 0.5) is 0 Å². The molecule has 1 unspecified atom stereocenters. The topological polar surface area (TPSA) is 63.7 Å². The molecule has 6 heteroatoms. The van der Waals surface area contributed by atoms with Crippen molar-refractivity contribution in [3.8, 4) is 22.8 Å². The fraction of sp³-hybridized carbons (Fsp3) is 0.304. The Balaban J connectivity index is 1.60. The molecular formula is C23H23N3O3. The molecule has 0 spiro atoms. The monoisotopic (exact) mass is 389 g/mol. The summed E-state index contributed by atoms with van der Waals surface area (Å²) in [5.41, 5.74) is 3.16. The number of rotatable bonds is 2. The Kier molecular flexibility index (Phi) is 4.56. The standard InChI is InChI=1S/C23H23N3O3/c1-15-14-26(9-8-24-15)23(27)18-13-20(25-19-5-3-2-4-17(18)19)16-6-7-21-22(12-16)29-11-10-28-21/h2-7,12-13,15,24H,8-11,14H2,1H3. The van der Waals surface area contributed by atoms with Crippen molar-refractivity contribution in [2.45, 2.75) is 13.0 Å². The normalized spacial score (nSPS) is 18.7. The van der Waals surface area contributed by atoms with Crippen LogP contribution < -0.4 is 14.8 Å². The van der Waals surface area contributed by atoms with E-state index in [2.05, 4.69) is 12.2 Å². The summed E-state index contributed by atoms with van der Waals surface area (Å²) in [6.07, 6.45) is 0. The molecule has 2 aliphatic heterocycles. The van der Waals surface area contributed by atoms with Crippen molar-refractivity contribution in [1.29, 1.82) is 0 Å². The highest BCUT2D eigenvalue weighted by atomic mass is 16.6. The quantitative estimate of drug-likeness (QED) is 0.730. The first-order valence-corrected chi connectivity index (χ1v) is 10.0. The molecule has 0 aliphatic carbocycles. The number of aromatic nitrogens is 1. The third-order valence-electron chi connectivity index (χ3n) is 5.44. The van der Waals surface area contributed by atoms with Crippen LogP contribution in [0.3, 0.4) is 0 Å². The molecule has 3 heterocycles. The average molecular weight is 389 g/mol. The van der Waals surface area contributed by atoms with E-state index in [0.717, 1.165) is 34.5 Å². The Morgan fingerprint density at radius 2 is 1.93 bits per heavy atom. The molecule has 1 atom stereocenters. The van der Waals surface area contributed by atoms with E-state index in [1.807, 2.05) is 53.4 Å². The average Bonchev–Trinajstić information content (AvgIpc) is 2.77. The van der Waals surface area contributed by atoms with Crippen molar-refractivity contribution in [2.75, 3.05) is 32.8 Å². The second-order valence-electron chi connectivity index (χ2n) is 7.54. The molecule has 2 aliphatic rings. The molecule has 0 saturated carbocycles. The number of nitrogens with zero attached hydrogens (tertiary/aromatic N) is 2. The Labute approximate surface area is 169 Å². The van der Waals surface area contributed by atoms with Gasteiger partial charge in [0, 0.05) is 36.6 Å². The van der Waals surface area contributed by atoms with Crippen LogP contribution in [0.2, 0.25) is 0 Å². The first-order valence-electron chi connectivity index (χ1n) is 10.0. The molecule has 6 nitrogen and oxygen atoms in total. The van der Waals surface area contributed by atoms with Crippen molar-refractivity contribution >= 4 is 16.8 Å². The van der Waals surface area contributed by atoms with E-state index in [0.29, 0.717) is 37.6 Å². The second-order valence-corrected chi connectivity index (χ2v) is 7.54. The maximum atomic E-state index is 13.4. The van der Waals surface area contributed by atoms with Crippen LogP contribution in [0.25, 0.3) is 22.2 Å². The highest BCUT2D eigenvalue weighted by molar-refractivity contribution is 6.07. The molecule has 1 N–H and O–H groups in total. The summed E-state index contributed by atoms with van der Waals surface area (Å²) in [6.45, 7) is 5.42. The third kappa shape index (κ3) is 3.40. The predicted molar refractivity (Wildman–Crippen MR) is 112 cm³/mol. The number of nitrogens with one attached hydrogen (secondary N) is 1. The van der Waals surface area contributed by atoms with Gasteiger partial charge in [-0.1, -0.05) is 18.2 Å². The van der Waals surface area contributed by atoms with Crippen LogP contribution >= 0.6 is 0 Å². The zero-order chi connectivity index (χ0) is 19.8. The number of hydrogen-bond acceptors (Lipinski definition) is 5. The van der Waals surface area contributed by atoms with Gasteiger partial charge in [-0.3, -0.25) is 4.79 Å². The molecule has 2 aromatic carbocycles. The van der Waals surface area contributed by atoms with Gasteiger partial charge in [0.1, 0.15) is 13.2 Å². The van der Waals surface area contributed by atoms with Crippen molar-refractivity contribution in [3.63, 3.8) is 0 Å². The summed E-state index contributed by atoms with van der Waals surface area (Å²) in [6, 6.07) is 15.8. The van der Waals surface area contributed by atoms with Crippen molar-refractivity contribution in [1.82, 2.24) is 15.2 Å². The second kappa shape index (κ2) is 7.37. The molecule has 1 saturated heterocycles. The van der Waals surface area contributed by atoms with Gasteiger partial charge in [0.25, 0.3) is 5.91 Å². The highest BCUT2D eigenvalue weighted by Crippen LogP contribution is 2.35. The minimum Gasteiger partial charge on any atom is -0.486 e. The van der Waals surface area contributed by atoms with Gasteiger partial charge in [0.05, 0.1) is 16.8 Å². The summed E-state index contributed by atoms with van der Waals surface area (Å²) in [5, 5.41) is 4.27. The Morgan fingerprint density at radius 3 is 2.79 bits per heavy atom. The fourth-order valence-corrected chi connectivity index (χ4v) is 3.99. The number of fused-ring (bicyclic) bond motifs is 2. The van der Waals surface area contributed by atoms with Gasteiger partial charge in [0.2, 0.25) is 0 Å². The number of benzene rings is 2. The van der Waals surface area contributed by atoms with E-state index < -0.39 is 0 Å². The number of hydrogen-bond donors (Lipinski definition) is 1. The van der Waals surface area contributed by atoms with E-state index in [-0.39, 0.29) is 11.9 Å². The predicted octanol–water partition coefficient (Wildman–Crippen LogP) is 3.11. The number of amides is 1. The first-order chi connectivity index (χ1) is 14.2. The van der Waals surface area contributed by atoms with Crippen molar-refractivity contribution in [2.24, 2.45) is 0 Å². The Morgan fingerprint density at radius 1 is 1.10 bits per heavy atom. The molecule has 29 heavy (non-hydrogen) atoms. The maximum absolute atomic E-state index is 13.4. The zero-order valence-electron chi connectivity index (χ0n) is 16.4. The van der Waals surface area contributed by atoms with Gasteiger partial charge < -0.3 is 19.7 Å². The van der Waals surface area contributed by atoms with E-state index >= 15 is 0 Å². The molecule has 1 aromatic heterocycles. The van der Waals surface area contributed by atoms with E-state index in [1.165, 1.54) is 0 Å². The summed E-state index contributed by atoms with van der Waals surface area (Å²) < 4.78 is 11.3. The fourth-order valence-electron chi connectivity index (χ4n) is 3.99. The van der Waals surface area contributed by atoms with Crippen molar-refractivity contribution < 1.29 is 14.3 Å². The summed E-state index contributed by atoms with van der Waals surface area (Å²) in [7, 11) is 0. The summed E-state index contributed by atoms with van der Waals surface area (Å²) >= 11 is 0. The molecule has 1 amide bonds. The van der Waals surface area contributed by atoms with Gasteiger partial charge in [0.15, 0.2) is 11.5 Å². The van der Waals surface area contributed by atoms with Gasteiger partial charge in [-0.25, -0.2) is 4.98 Å². The van der Waals surface area contributed by atoms with Crippen LogP contribution in [0.1, 0.15) is 17.3 Å². The smallest absolute Gasteiger partial charge is 0.254 e. The lowest BCUT2D eigenvalue weighted by Crippen LogP contribution is -2.51. The number of pyridine rings is 1. The minimum atomic E-state index is 0.0516. The SMILES string of the molecule is CC1CN(C(=O)c2cc(-c3ccc4c(c3)OCCO4)nc3ccccc23)CCN1. The summed E-state index contributed by atoms with van der Waals surface area (Å²) in [5.74, 6) is 1.51. The molecule has 148 valence electrons. The van der Waals surface area contributed by atoms with E-state index in [9.17, 15) is 4.79 Å². The van der Waals surface area contributed by atoms with E-state index in [4.69, 9.17) is 14.5 Å². The Bertz CT molecular complexity index is 1080. The number of para-hydroxylation sites is 1. The van der Waals surface area contributed by atoms with E-state index in [1.54, 1.807) is 0 Å². The van der Waals surface area contributed by atoms with Crippen LogP contribution in [-0.2, 0) is 0 Å². The first kappa shape index (κ1) is 17.9.